The Kier molecular flexibility index (Phi) is 6.83. The third-order valence-electron chi connectivity index (χ3n) is 6.67. The topological polar surface area (TPSA) is 78.2 Å². The number of likely N-dealkylation sites (tertiary alicyclic amines) is 1. The maximum absolute atomic E-state index is 13.4. The highest BCUT2D eigenvalue weighted by molar-refractivity contribution is 7.13. The first kappa shape index (κ1) is 23.5. The average molecular weight is 491 g/mol. The summed E-state index contributed by atoms with van der Waals surface area (Å²) in [4.78, 5) is 29.9. The Morgan fingerprint density at radius 3 is 2.51 bits per heavy atom. The predicted molar refractivity (Wildman–Crippen MR) is 137 cm³/mol. The van der Waals surface area contributed by atoms with Crippen molar-refractivity contribution < 1.29 is 14.0 Å². The summed E-state index contributed by atoms with van der Waals surface area (Å²) >= 11 is 1.51. The highest BCUT2D eigenvalue weighted by Gasteiger charge is 2.36. The van der Waals surface area contributed by atoms with E-state index in [0.717, 1.165) is 52.7 Å². The Bertz CT molecular complexity index is 1210. The number of carbonyl (C=O) groups is 2. The summed E-state index contributed by atoms with van der Waals surface area (Å²) in [6.45, 7) is 5.87. The van der Waals surface area contributed by atoms with Crippen molar-refractivity contribution in [3.63, 3.8) is 0 Å². The summed E-state index contributed by atoms with van der Waals surface area (Å²) in [5.74, 6) is 0.702. The van der Waals surface area contributed by atoms with Crippen LogP contribution in [-0.2, 0) is 4.79 Å². The molecule has 0 saturated carbocycles. The molecule has 2 aliphatic rings. The quantitative estimate of drug-likeness (QED) is 0.551. The highest BCUT2D eigenvalue weighted by Crippen LogP contribution is 2.33. The molecule has 7 nitrogen and oxygen atoms in total. The van der Waals surface area contributed by atoms with Gasteiger partial charge in [-0.2, -0.15) is 5.10 Å². The van der Waals surface area contributed by atoms with Crippen LogP contribution in [0.4, 0.5) is 0 Å². The first-order valence-electron chi connectivity index (χ1n) is 12.1. The predicted octanol–water partition coefficient (Wildman–Crippen LogP) is 4.53. The molecular formula is C27H30N4O3S. The van der Waals surface area contributed by atoms with Crippen LogP contribution in [0.5, 0.6) is 0 Å². The van der Waals surface area contributed by atoms with Crippen LogP contribution in [0.3, 0.4) is 0 Å². The van der Waals surface area contributed by atoms with Gasteiger partial charge in [-0.3, -0.25) is 14.5 Å². The lowest BCUT2D eigenvalue weighted by atomic mass is 10.0. The zero-order valence-corrected chi connectivity index (χ0v) is 20.9. The van der Waals surface area contributed by atoms with E-state index in [2.05, 4.69) is 41.4 Å². The van der Waals surface area contributed by atoms with E-state index < -0.39 is 0 Å². The third-order valence-corrected chi connectivity index (χ3v) is 7.67. The Morgan fingerprint density at radius 1 is 1.09 bits per heavy atom. The van der Waals surface area contributed by atoms with Crippen molar-refractivity contribution in [2.24, 2.45) is 5.10 Å². The van der Waals surface area contributed by atoms with Gasteiger partial charge in [-0.25, -0.2) is 5.01 Å². The van der Waals surface area contributed by atoms with Gasteiger partial charge >= 0.3 is 0 Å². The maximum Gasteiger partial charge on any atom is 0.261 e. The molecule has 2 aliphatic heterocycles. The van der Waals surface area contributed by atoms with Crippen molar-refractivity contribution in [2.45, 2.75) is 45.2 Å². The number of thiophene rings is 1. The lowest BCUT2D eigenvalue weighted by Gasteiger charge is -2.32. The van der Waals surface area contributed by atoms with Crippen LogP contribution in [0.2, 0.25) is 0 Å². The molecule has 0 radical (unpaired) electrons. The van der Waals surface area contributed by atoms with Gasteiger partial charge in [0, 0.05) is 30.4 Å². The van der Waals surface area contributed by atoms with Crippen molar-refractivity contribution >= 4 is 28.9 Å². The largest absolute Gasteiger partial charge is 0.467 e. The van der Waals surface area contributed by atoms with Gasteiger partial charge in [-0.15, -0.1) is 11.3 Å². The van der Waals surface area contributed by atoms with Crippen molar-refractivity contribution in [1.82, 2.24) is 15.2 Å². The minimum absolute atomic E-state index is 0.00560. The van der Waals surface area contributed by atoms with E-state index in [1.54, 1.807) is 11.3 Å². The lowest BCUT2D eigenvalue weighted by molar-refractivity contribution is -0.134. The minimum Gasteiger partial charge on any atom is -0.467 e. The van der Waals surface area contributed by atoms with Crippen LogP contribution in [0.15, 0.2) is 64.3 Å². The summed E-state index contributed by atoms with van der Waals surface area (Å²) in [6.07, 6.45) is 3.91. The van der Waals surface area contributed by atoms with E-state index >= 15 is 0 Å². The fraction of sp³-hybridized carbons (Fsp3) is 0.370. The van der Waals surface area contributed by atoms with E-state index in [1.807, 2.05) is 31.2 Å². The first-order chi connectivity index (χ1) is 17.0. The fourth-order valence-electron chi connectivity index (χ4n) is 4.68. The van der Waals surface area contributed by atoms with Gasteiger partial charge in [0.15, 0.2) is 0 Å². The second kappa shape index (κ2) is 10.2. The van der Waals surface area contributed by atoms with Gasteiger partial charge in [-0.1, -0.05) is 29.8 Å². The van der Waals surface area contributed by atoms with Crippen LogP contribution in [0.1, 0.15) is 56.7 Å². The number of hydrazone groups is 1. The van der Waals surface area contributed by atoms with Crippen LogP contribution in [0, 0.1) is 13.8 Å². The Balaban J connectivity index is 1.21. The normalized spacial score (nSPS) is 19.1. The van der Waals surface area contributed by atoms with Crippen LogP contribution < -0.4 is 5.32 Å². The molecular weight excluding hydrogens is 460 g/mol. The molecule has 1 atom stereocenters. The van der Waals surface area contributed by atoms with Gasteiger partial charge in [0.2, 0.25) is 0 Å². The number of furan rings is 1. The van der Waals surface area contributed by atoms with Gasteiger partial charge in [0.05, 0.1) is 23.4 Å². The number of amides is 2. The zero-order chi connectivity index (χ0) is 24.4. The molecule has 4 heterocycles. The van der Waals surface area contributed by atoms with E-state index in [1.165, 1.54) is 16.9 Å². The summed E-state index contributed by atoms with van der Waals surface area (Å²) in [5, 5.41) is 9.48. The molecule has 0 aliphatic carbocycles. The summed E-state index contributed by atoms with van der Waals surface area (Å²) in [5.41, 5.74) is 3.11. The number of nitrogens with zero attached hydrogens (tertiary/aromatic N) is 3. The van der Waals surface area contributed by atoms with Crippen LogP contribution in [0.25, 0.3) is 0 Å². The molecule has 2 amide bonds. The number of nitrogens with one attached hydrogen (secondary N) is 1. The summed E-state index contributed by atoms with van der Waals surface area (Å²) < 4.78 is 5.66. The number of benzene rings is 1. The average Bonchev–Trinajstić information content (AvgIpc) is 3.61. The SMILES string of the molecule is Cc1ccc(C2=NN(C(=O)CN3CCC(NC(=O)c4ccc(C)s4)CC3)C(c3ccco3)C2)cc1. The zero-order valence-electron chi connectivity index (χ0n) is 20.1. The lowest BCUT2D eigenvalue weighted by Crippen LogP contribution is -2.47. The van der Waals surface area contributed by atoms with E-state index in [-0.39, 0.29) is 23.9 Å². The van der Waals surface area contributed by atoms with Gasteiger partial charge in [0.25, 0.3) is 11.8 Å². The molecule has 35 heavy (non-hydrogen) atoms. The summed E-state index contributed by atoms with van der Waals surface area (Å²) in [7, 11) is 0. The number of hydrogen-bond acceptors (Lipinski definition) is 6. The van der Waals surface area contributed by atoms with E-state index in [4.69, 9.17) is 9.52 Å². The van der Waals surface area contributed by atoms with Crippen LogP contribution in [-0.4, -0.2) is 53.1 Å². The Morgan fingerprint density at radius 2 is 1.86 bits per heavy atom. The number of carbonyl (C=O) groups excluding carboxylic acids is 2. The second-order valence-electron chi connectivity index (χ2n) is 9.32. The maximum atomic E-state index is 13.4. The van der Waals surface area contributed by atoms with E-state index in [0.29, 0.717) is 13.0 Å². The highest BCUT2D eigenvalue weighted by atomic mass is 32.1. The fourth-order valence-corrected chi connectivity index (χ4v) is 5.45. The summed E-state index contributed by atoms with van der Waals surface area (Å²) in [6, 6.07) is 15.7. The number of rotatable bonds is 6. The van der Waals surface area contributed by atoms with Crippen molar-refractivity contribution in [1.29, 1.82) is 0 Å². The minimum atomic E-state index is -0.236. The molecule has 1 fully saturated rings. The molecule has 1 N–H and O–H groups in total. The number of aryl methyl sites for hydroxylation is 2. The van der Waals surface area contributed by atoms with E-state index in [9.17, 15) is 9.59 Å². The molecule has 182 valence electrons. The molecule has 0 spiro atoms. The second-order valence-corrected chi connectivity index (χ2v) is 10.6. The Hall–Kier alpha value is -3.23. The van der Waals surface area contributed by atoms with Crippen molar-refractivity contribution in [2.75, 3.05) is 19.6 Å². The molecule has 2 aromatic heterocycles. The van der Waals surface area contributed by atoms with Gasteiger partial charge in [0.1, 0.15) is 11.8 Å². The smallest absolute Gasteiger partial charge is 0.261 e. The molecule has 0 bridgehead atoms. The monoisotopic (exact) mass is 490 g/mol. The number of piperidine rings is 1. The molecule has 1 saturated heterocycles. The Labute approximate surface area is 209 Å². The number of hydrogen-bond donors (Lipinski definition) is 1. The third kappa shape index (κ3) is 5.39. The van der Waals surface area contributed by atoms with Crippen molar-refractivity contribution in [3.8, 4) is 0 Å². The molecule has 1 aromatic carbocycles. The molecule has 3 aromatic rings. The molecule has 5 rings (SSSR count). The van der Waals surface area contributed by atoms with Crippen LogP contribution >= 0.6 is 11.3 Å². The van der Waals surface area contributed by atoms with Crippen molar-refractivity contribution in [3.05, 3.63) is 81.4 Å². The van der Waals surface area contributed by atoms with Gasteiger partial charge < -0.3 is 9.73 Å². The first-order valence-corrected chi connectivity index (χ1v) is 12.9. The molecule has 1 unspecified atom stereocenters. The van der Waals surface area contributed by atoms with Gasteiger partial charge in [-0.05, 0) is 56.5 Å². The molecule has 8 heteroatoms. The standard InChI is InChI=1S/C27H30N4O3S/c1-18-5-8-20(9-6-18)22-16-23(24-4-3-15-34-24)31(29-22)26(32)17-30-13-11-21(12-14-30)28-27(33)25-10-7-19(2)35-25/h3-10,15,21,23H,11-14,16-17H2,1-2H3,(H,28,33).